The summed E-state index contributed by atoms with van der Waals surface area (Å²) in [6, 6.07) is 12.8. The van der Waals surface area contributed by atoms with Gasteiger partial charge in [0.1, 0.15) is 0 Å². The van der Waals surface area contributed by atoms with E-state index < -0.39 is 12.1 Å². The number of hydrogen-bond acceptors (Lipinski definition) is 6. The smallest absolute Gasteiger partial charge is 0.254 e. The number of hydrogen-bond donors (Lipinski definition) is 2. The molecule has 2 heterocycles. The normalized spacial score (nSPS) is 18.2. The van der Waals surface area contributed by atoms with Gasteiger partial charge in [-0.15, -0.1) is 11.3 Å². The number of aliphatic hydroxyl groups excluding tert-OH is 1. The Hall–Kier alpha value is -3.03. The minimum atomic E-state index is -0.698. The number of β-amino-alcohol motifs (C(OH)–C–C–N with tert-alkyl or cyclic N) is 1. The van der Waals surface area contributed by atoms with Crippen molar-refractivity contribution in [1.82, 2.24) is 9.88 Å². The van der Waals surface area contributed by atoms with Crippen LogP contribution < -0.4 is 5.73 Å². The van der Waals surface area contributed by atoms with Gasteiger partial charge in [0.05, 0.1) is 28.2 Å². The Bertz CT molecular complexity index is 1140. The molecule has 6 nitrogen and oxygen atoms in total. The number of anilines is 1. The zero-order valence-electron chi connectivity index (χ0n) is 18.2. The zero-order valence-corrected chi connectivity index (χ0v) is 19.1. The Morgan fingerprint density at radius 2 is 1.94 bits per heavy atom. The first kappa shape index (κ1) is 22.2. The molecule has 3 aromatic rings. The number of carbonyl (C=O) groups is 2. The third kappa shape index (κ3) is 4.45. The largest absolute Gasteiger partial charge is 0.398 e. The summed E-state index contributed by atoms with van der Waals surface area (Å²) in [6.07, 6.45) is 0.481. The van der Waals surface area contributed by atoms with E-state index in [0.29, 0.717) is 29.7 Å². The highest BCUT2D eigenvalue weighted by Crippen LogP contribution is 2.28. The molecule has 7 heteroatoms. The number of nitrogens with two attached hydrogens (primary N) is 1. The van der Waals surface area contributed by atoms with Crippen molar-refractivity contribution in [2.75, 3.05) is 12.3 Å². The SMILES string of the molecule is Cc1ncsc1-c1ccc(CCC(=O)[C@@H]2C[C@@H](O)CN2C(=O)c2cccc(N)c2C)cc1. The van der Waals surface area contributed by atoms with Gasteiger partial charge in [0, 0.05) is 30.6 Å². The number of amides is 1. The zero-order chi connectivity index (χ0) is 22.8. The summed E-state index contributed by atoms with van der Waals surface area (Å²) in [5.74, 6) is -0.284. The van der Waals surface area contributed by atoms with Crippen LogP contribution >= 0.6 is 11.3 Å². The third-order valence-corrected chi connectivity index (χ3v) is 7.12. The van der Waals surface area contributed by atoms with Gasteiger partial charge in [-0.05, 0) is 49.1 Å². The van der Waals surface area contributed by atoms with Crippen molar-refractivity contribution in [2.24, 2.45) is 0 Å². The van der Waals surface area contributed by atoms with E-state index >= 15 is 0 Å². The standard InChI is InChI=1S/C25H27N3O3S/c1-15-20(4-3-5-21(15)26)25(31)28-13-19(29)12-22(28)23(30)11-8-17-6-9-18(10-7-17)24-16(2)27-14-32-24/h3-7,9-10,14,19,22,29H,8,11-13,26H2,1-2H3/t19-,22+/m1/s1. The maximum absolute atomic E-state index is 13.1. The van der Waals surface area contributed by atoms with Gasteiger partial charge in [0.2, 0.25) is 0 Å². The van der Waals surface area contributed by atoms with Gasteiger partial charge in [0.15, 0.2) is 5.78 Å². The molecule has 0 spiro atoms. The molecule has 1 aromatic heterocycles. The first-order valence-electron chi connectivity index (χ1n) is 10.7. The minimum Gasteiger partial charge on any atom is -0.398 e. The van der Waals surface area contributed by atoms with Gasteiger partial charge in [-0.1, -0.05) is 30.3 Å². The van der Waals surface area contributed by atoms with Crippen molar-refractivity contribution < 1.29 is 14.7 Å². The number of nitrogen functional groups attached to an aromatic ring is 1. The number of nitrogens with zero attached hydrogens (tertiary/aromatic N) is 2. The van der Waals surface area contributed by atoms with E-state index in [-0.39, 0.29) is 24.7 Å². The maximum atomic E-state index is 13.1. The van der Waals surface area contributed by atoms with Crippen LogP contribution in [0.1, 0.15) is 40.0 Å². The molecule has 1 fully saturated rings. The number of ketones is 1. The molecule has 4 rings (SSSR count). The van der Waals surface area contributed by atoms with E-state index in [0.717, 1.165) is 21.7 Å². The summed E-state index contributed by atoms with van der Waals surface area (Å²) in [4.78, 5) is 33.1. The van der Waals surface area contributed by atoms with Gasteiger partial charge >= 0.3 is 0 Å². The molecule has 32 heavy (non-hydrogen) atoms. The Morgan fingerprint density at radius 3 is 2.62 bits per heavy atom. The van der Waals surface area contributed by atoms with Gasteiger partial charge in [-0.2, -0.15) is 0 Å². The summed E-state index contributed by atoms with van der Waals surface area (Å²) < 4.78 is 0. The van der Waals surface area contributed by atoms with Crippen LogP contribution in [0.2, 0.25) is 0 Å². The molecule has 0 saturated carbocycles. The Labute approximate surface area is 191 Å². The lowest BCUT2D eigenvalue weighted by Crippen LogP contribution is -2.41. The summed E-state index contributed by atoms with van der Waals surface area (Å²) in [5, 5.41) is 10.2. The van der Waals surface area contributed by atoms with Crippen molar-refractivity contribution in [1.29, 1.82) is 0 Å². The molecule has 0 radical (unpaired) electrons. The lowest BCUT2D eigenvalue weighted by atomic mass is 9.99. The number of Topliss-reactive ketones (excluding diaryl/α,β-unsaturated/α-hetero) is 1. The fourth-order valence-electron chi connectivity index (χ4n) is 4.22. The van der Waals surface area contributed by atoms with Crippen molar-refractivity contribution in [3.8, 4) is 10.4 Å². The quantitative estimate of drug-likeness (QED) is 0.558. The van der Waals surface area contributed by atoms with E-state index in [1.807, 2.05) is 24.6 Å². The second kappa shape index (κ2) is 9.22. The molecule has 1 saturated heterocycles. The topological polar surface area (TPSA) is 96.5 Å². The van der Waals surface area contributed by atoms with Crippen LogP contribution in [0.15, 0.2) is 48.0 Å². The van der Waals surface area contributed by atoms with Crippen molar-refractivity contribution in [3.05, 3.63) is 70.4 Å². The monoisotopic (exact) mass is 449 g/mol. The number of aromatic nitrogens is 1. The van der Waals surface area contributed by atoms with E-state index in [4.69, 9.17) is 5.73 Å². The third-order valence-electron chi connectivity index (χ3n) is 6.14. The highest BCUT2D eigenvalue weighted by molar-refractivity contribution is 7.13. The van der Waals surface area contributed by atoms with Gasteiger partial charge in [-0.25, -0.2) is 4.98 Å². The van der Waals surface area contributed by atoms with Gasteiger partial charge < -0.3 is 15.7 Å². The summed E-state index contributed by atoms with van der Waals surface area (Å²) >= 11 is 1.61. The molecule has 2 atom stereocenters. The maximum Gasteiger partial charge on any atom is 0.254 e. The molecule has 0 unspecified atom stereocenters. The molecule has 3 N–H and O–H groups in total. The average Bonchev–Trinajstić information content (AvgIpc) is 3.39. The van der Waals surface area contributed by atoms with Crippen molar-refractivity contribution in [3.63, 3.8) is 0 Å². The van der Waals surface area contributed by atoms with Gasteiger partial charge in [-0.3, -0.25) is 9.59 Å². The highest BCUT2D eigenvalue weighted by atomic mass is 32.1. The predicted molar refractivity (Wildman–Crippen MR) is 127 cm³/mol. The Kier molecular flexibility index (Phi) is 6.39. The van der Waals surface area contributed by atoms with Crippen LogP contribution in [0.3, 0.4) is 0 Å². The fourth-order valence-corrected chi connectivity index (χ4v) is 5.03. The first-order valence-corrected chi connectivity index (χ1v) is 11.6. The van der Waals surface area contributed by atoms with Crippen LogP contribution in [0, 0.1) is 13.8 Å². The van der Waals surface area contributed by atoms with Crippen LogP contribution in [0.5, 0.6) is 0 Å². The van der Waals surface area contributed by atoms with Crippen LogP contribution in [0.4, 0.5) is 5.69 Å². The highest BCUT2D eigenvalue weighted by Gasteiger charge is 2.39. The second-order valence-corrected chi connectivity index (χ2v) is 9.17. The Morgan fingerprint density at radius 1 is 1.19 bits per heavy atom. The van der Waals surface area contributed by atoms with E-state index in [9.17, 15) is 14.7 Å². The molecule has 2 aromatic carbocycles. The summed E-state index contributed by atoms with van der Waals surface area (Å²) in [6.45, 7) is 3.95. The van der Waals surface area contributed by atoms with E-state index in [1.165, 1.54) is 4.90 Å². The lowest BCUT2D eigenvalue weighted by Gasteiger charge is -2.24. The molecular formula is C25H27N3O3S. The van der Waals surface area contributed by atoms with Crippen LogP contribution in [-0.4, -0.2) is 45.4 Å². The number of aliphatic hydroxyl groups is 1. The fraction of sp³-hybridized carbons (Fsp3) is 0.320. The van der Waals surface area contributed by atoms with E-state index in [1.54, 1.807) is 36.5 Å². The number of aryl methyl sites for hydroxylation is 2. The van der Waals surface area contributed by atoms with Crippen molar-refractivity contribution in [2.45, 2.75) is 45.3 Å². The summed E-state index contributed by atoms with van der Waals surface area (Å²) in [7, 11) is 0. The molecule has 0 aliphatic carbocycles. The molecule has 1 aliphatic rings. The second-order valence-electron chi connectivity index (χ2n) is 8.31. The van der Waals surface area contributed by atoms with Crippen LogP contribution in [0.25, 0.3) is 10.4 Å². The predicted octanol–water partition coefficient (Wildman–Crippen LogP) is 3.79. The van der Waals surface area contributed by atoms with Gasteiger partial charge in [0.25, 0.3) is 5.91 Å². The van der Waals surface area contributed by atoms with E-state index in [2.05, 4.69) is 17.1 Å². The van der Waals surface area contributed by atoms with Crippen molar-refractivity contribution >= 4 is 28.7 Å². The average molecular weight is 450 g/mol. The molecule has 1 aliphatic heterocycles. The first-order chi connectivity index (χ1) is 15.3. The number of likely N-dealkylation sites (tertiary alicyclic amines) is 1. The molecule has 166 valence electrons. The molecule has 0 bridgehead atoms. The number of thiazole rings is 1. The molecule has 1 amide bonds. The number of rotatable bonds is 6. The summed E-state index contributed by atoms with van der Waals surface area (Å²) in [5.41, 5.74) is 12.7. The number of carbonyl (C=O) groups excluding carboxylic acids is 2. The van der Waals surface area contributed by atoms with Crippen LogP contribution in [-0.2, 0) is 11.2 Å². The molecular weight excluding hydrogens is 422 g/mol. The lowest BCUT2D eigenvalue weighted by molar-refractivity contribution is -0.122. The number of benzene rings is 2. The minimum absolute atomic E-state index is 0.0289. The Balaban J connectivity index is 1.43.